The molecule has 0 amide bonds. The summed E-state index contributed by atoms with van der Waals surface area (Å²) >= 11 is 0. The smallest absolute Gasteiger partial charge is 0.119 e. The second kappa shape index (κ2) is 6.63. The van der Waals surface area contributed by atoms with E-state index in [4.69, 9.17) is 11.2 Å². The highest BCUT2D eigenvalue weighted by Crippen LogP contribution is 2.32. The van der Waals surface area contributed by atoms with Crippen LogP contribution in [0.3, 0.4) is 0 Å². The molecule has 1 aliphatic carbocycles. The van der Waals surface area contributed by atoms with Crippen molar-refractivity contribution in [3.63, 3.8) is 0 Å². The van der Waals surface area contributed by atoms with E-state index in [0.29, 0.717) is 6.04 Å². The molecule has 0 aromatic heterocycles. The molecule has 1 aromatic carbocycles. The molecule has 1 N–H and O–H groups in total. The van der Waals surface area contributed by atoms with Crippen LogP contribution in [0.2, 0.25) is 0 Å². The molecule has 0 heterocycles. The van der Waals surface area contributed by atoms with Gasteiger partial charge in [0.05, 0.1) is 13.2 Å². The van der Waals surface area contributed by atoms with Crippen LogP contribution in [0, 0.1) is 12.3 Å². The normalized spacial score (nSPS) is 19.3. The van der Waals surface area contributed by atoms with E-state index in [1.807, 2.05) is 6.07 Å². The lowest BCUT2D eigenvalue weighted by Crippen LogP contribution is -2.33. The number of benzene rings is 1. The number of methoxy groups -OCH3 is 1. The third-order valence-electron chi connectivity index (χ3n) is 3.85. The van der Waals surface area contributed by atoms with E-state index in [1.54, 1.807) is 7.11 Å². The Kier molecular flexibility index (Phi) is 4.87. The van der Waals surface area contributed by atoms with Crippen molar-refractivity contribution < 1.29 is 4.74 Å². The van der Waals surface area contributed by atoms with E-state index in [-0.39, 0.29) is 6.04 Å². The van der Waals surface area contributed by atoms with Crippen LogP contribution in [0.4, 0.5) is 0 Å². The molecule has 1 aliphatic rings. The zero-order valence-electron chi connectivity index (χ0n) is 11.9. The Morgan fingerprint density at radius 2 is 2.37 bits per heavy atom. The molecule has 0 radical (unpaired) electrons. The fraction of sp³-hybridized carbons (Fsp3) is 0.529. The number of fused-ring (bicyclic) bond motifs is 1. The monoisotopic (exact) mass is 257 g/mol. The fourth-order valence-electron chi connectivity index (χ4n) is 2.84. The Balaban J connectivity index is 2.15. The second-order valence-electron chi connectivity index (χ2n) is 5.18. The average Bonchev–Trinajstić information content (AvgIpc) is 2.46. The van der Waals surface area contributed by atoms with Gasteiger partial charge in [-0.3, -0.25) is 5.32 Å². The first kappa shape index (κ1) is 14.0. The van der Waals surface area contributed by atoms with Gasteiger partial charge in [-0.15, -0.1) is 6.42 Å². The van der Waals surface area contributed by atoms with Crippen molar-refractivity contribution in [2.24, 2.45) is 0 Å². The lowest BCUT2D eigenvalue weighted by atomic mass is 9.87. The van der Waals surface area contributed by atoms with Crippen molar-refractivity contribution >= 4 is 0 Å². The molecule has 19 heavy (non-hydrogen) atoms. The molecule has 102 valence electrons. The number of hydrogen-bond donors (Lipinski definition) is 1. The highest BCUT2D eigenvalue weighted by molar-refractivity contribution is 5.39. The number of nitrogens with one attached hydrogen (secondary N) is 1. The fourth-order valence-corrected chi connectivity index (χ4v) is 2.84. The van der Waals surface area contributed by atoms with Crippen molar-refractivity contribution in [1.29, 1.82) is 0 Å². The molecule has 0 spiro atoms. The Hall–Kier alpha value is -1.46. The summed E-state index contributed by atoms with van der Waals surface area (Å²) in [6.07, 6.45) is 11.3. The summed E-state index contributed by atoms with van der Waals surface area (Å²) in [5.41, 5.74) is 2.79. The van der Waals surface area contributed by atoms with E-state index in [2.05, 4.69) is 30.3 Å². The molecular weight excluding hydrogens is 234 g/mol. The Labute approximate surface area is 116 Å². The molecule has 2 unspecified atom stereocenters. The summed E-state index contributed by atoms with van der Waals surface area (Å²) in [4.78, 5) is 0. The number of aryl methyl sites for hydroxylation is 1. The highest BCUT2D eigenvalue weighted by Gasteiger charge is 2.22. The Morgan fingerprint density at radius 3 is 3.05 bits per heavy atom. The Morgan fingerprint density at radius 1 is 1.53 bits per heavy atom. The van der Waals surface area contributed by atoms with E-state index in [9.17, 15) is 0 Å². The van der Waals surface area contributed by atoms with E-state index in [0.717, 1.165) is 25.0 Å². The number of hydrogen-bond acceptors (Lipinski definition) is 2. The van der Waals surface area contributed by atoms with Gasteiger partial charge in [0.25, 0.3) is 0 Å². The van der Waals surface area contributed by atoms with E-state index in [1.165, 1.54) is 24.0 Å². The van der Waals surface area contributed by atoms with Crippen molar-refractivity contribution in [2.75, 3.05) is 7.11 Å². The molecule has 1 aromatic rings. The van der Waals surface area contributed by atoms with Crippen molar-refractivity contribution in [3.8, 4) is 18.1 Å². The molecule has 0 aliphatic heterocycles. The standard InChI is InChI=1S/C17H23NO/c1-4-7-14(5-2)18-17-9-6-8-13-12-15(19-3)10-11-16(13)17/h2,10-12,14,17-18H,4,6-9H2,1,3H3. The summed E-state index contributed by atoms with van der Waals surface area (Å²) in [6, 6.07) is 6.97. The molecule has 0 bridgehead atoms. The maximum Gasteiger partial charge on any atom is 0.119 e. The minimum absolute atomic E-state index is 0.183. The molecule has 2 nitrogen and oxygen atoms in total. The predicted octanol–water partition coefficient (Wildman–Crippen LogP) is 3.46. The number of ether oxygens (including phenoxy) is 1. The van der Waals surface area contributed by atoms with Crippen LogP contribution in [0.15, 0.2) is 18.2 Å². The quantitative estimate of drug-likeness (QED) is 0.816. The first-order chi connectivity index (χ1) is 9.28. The Bertz CT molecular complexity index is 461. The van der Waals surface area contributed by atoms with Gasteiger partial charge in [-0.1, -0.05) is 25.3 Å². The summed E-state index contributed by atoms with van der Waals surface area (Å²) in [5, 5.41) is 3.62. The molecule has 2 atom stereocenters. The first-order valence-electron chi connectivity index (χ1n) is 7.17. The van der Waals surface area contributed by atoms with Crippen molar-refractivity contribution in [3.05, 3.63) is 29.3 Å². The lowest BCUT2D eigenvalue weighted by Gasteiger charge is -2.29. The molecule has 0 saturated heterocycles. The molecule has 0 saturated carbocycles. The zero-order valence-corrected chi connectivity index (χ0v) is 11.9. The minimum Gasteiger partial charge on any atom is -0.497 e. The summed E-state index contributed by atoms with van der Waals surface area (Å²) in [6.45, 7) is 2.17. The van der Waals surface area contributed by atoms with E-state index < -0.39 is 0 Å². The van der Waals surface area contributed by atoms with Gasteiger partial charge in [-0.2, -0.15) is 0 Å². The van der Waals surface area contributed by atoms with Gasteiger partial charge in [0, 0.05) is 6.04 Å². The van der Waals surface area contributed by atoms with Gasteiger partial charge in [0.1, 0.15) is 5.75 Å². The summed E-state index contributed by atoms with van der Waals surface area (Å²) in [7, 11) is 1.72. The lowest BCUT2D eigenvalue weighted by molar-refractivity contribution is 0.405. The second-order valence-corrected chi connectivity index (χ2v) is 5.18. The number of rotatable bonds is 5. The maximum atomic E-state index is 5.61. The van der Waals surface area contributed by atoms with Crippen LogP contribution in [0.25, 0.3) is 0 Å². The third-order valence-corrected chi connectivity index (χ3v) is 3.85. The van der Waals surface area contributed by atoms with Crippen molar-refractivity contribution in [1.82, 2.24) is 5.32 Å². The highest BCUT2D eigenvalue weighted by atomic mass is 16.5. The van der Waals surface area contributed by atoms with Gasteiger partial charge in [-0.05, 0) is 48.9 Å². The van der Waals surface area contributed by atoms with Gasteiger partial charge in [-0.25, -0.2) is 0 Å². The zero-order chi connectivity index (χ0) is 13.7. The van der Waals surface area contributed by atoms with Gasteiger partial charge < -0.3 is 4.74 Å². The van der Waals surface area contributed by atoms with Gasteiger partial charge in [0.2, 0.25) is 0 Å². The largest absolute Gasteiger partial charge is 0.497 e. The first-order valence-corrected chi connectivity index (χ1v) is 7.17. The maximum absolute atomic E-state index is 5.61. The van der Waals surface area contributed by atoms with Crippen LogP contribution < -0.4 is 10.1 Å². The van der Waals surface area contributed by atoms with Crippen LogP contribution in [-0.4, -0.2) is 13.2 Å². The van der Waals surface area contributed by atoms with Gasteiger partial charge in [0.15, 0.2) is 0 Å². The topological polar surface area (TPSA) is 21.3 Å². The number of terminal acetylenes is 1. The SMILES string of the molecule is C#CC(CCC)NC1CCCc2cc(OC)ccc21. The molecule has 2 heteroatoms. The van der Waals surface area contributed by atoms with Crippen LogP contribution >= 0.6 is 0 Å². The molecule has 2 rings (SSSR count). The third kappa shape index (κ3) is 3.30. The van der Waals surface area contributed by atoms with Crippen LogP contribution in [0.5, 0.6) is 5.75 Å². The van der Waals surface area contributed by atoms with Crippen LogP contribution in [-0.2, 0) is 6.42 Å². The molecule has 0 fully saturated rings. The predicted molar refractivity (Wildman–Crippen MR) is 79.3 cm³/mol. The molecular formula is C17H23NO. The van der Waals surface area contributed by atoms with Gasteiger partial charge >= 0.3 is 0 Å². The summed E-state index contributed by atoms with van der Waals surface area (Å²) in [5.74, 6) is 3.81. The average molecular weight is 257 g/mol. The van der Waals surface area contributed by atoms with E-state index >= 15 is 0 Å². The summed E-state index contributed by atoms with van der Waals surface area (Å²) < 4.78 is 5.30. The van der Waals surface area contributed by atoms with Crippen molar-refractivity contribution in [2.45, 2.75) is 51.1 Å². The minimum atomic E-state index is 0.183. The van der Waals surface area contributed by atoms with Crippen LogP contribution in [0.1, 0.15) is 49.8 Å².